The zero-order chi connectivity index (χ0) is 31.0. The van der Waals surface area contributed by atoms with Crippen LogP contribution in [0.1, 0.15) is 12.6 Å². The quantitative estimate of drug-likeness (QED) is 0.157. The predicted molar refractivity (Wildman–Crippen MR) is 161 cm³/mol. The number of rotatable bonds is 9. The number of amides is 1. The van der Waals surface area contributed by atoms with Crippen molar-refractivity contribution in [3.63, 3.8) is 0 Å². The van der Waals surface area contributed by atoms with Gasteiger partial charge in [-0.05, 0) is 30.5 Å². The summed E-state index contributed by atoms with van der Waals surface area (Å²) in [6, 6.07) is 5.77. The highest BCUT2D eigenvalue weighted by molar-refractivity contribution is 7.18. The van der Waals surface area contributed by atoms with Gasteiger partial charge >= 0.3 is 6.01 Å². The lowest BCUT2D eigenvalue weighted by Gasteiger charge is -2.33. The Balaban J connectivity index is 1.61. The average molecular weight is 619 g/mol. The third-order valence-electron chi connectivity index (χ3n) is 7.37. The molecule has 0 spiro atoms. The zero-order valence-corrected chi connectivity index (χ0v) is 25.0. The minimum Gasteiger partial charge on any atom is -0.490 e. The Hall–Kier alpha value is -4.75. The van der Waals surface area contributed by atoms with E-state index in [4.69, 9.17) is 24.3 Å². The monoisotopic (exact) mass is 618 g/mol. The summed E-state index contributed by atoms with van der Waals surface area (Å²) in [5.74, 6) is -1.76. The van der Waals surface area contributed by atoms with Crippen LogP contribution in [0.25, 0.3) is 43.9 Å². The van der Waals surface area contributed by atoms with Gasteiger partial charge in [-0.1, -0.05) is 6.58 Å². The number of aromatic nitrogens is 5. The third kappa shape index (κ3) is 5.28. The topological polar surface area (TPSA) is 104 Å². The molecule has 0 N–H and O–H groups in total. The van der Waals surface area contributed by atoms with E-state index in [1.807, 2.05) is 29.1 Å². The molecular weight excluding hydrogens is 590 g/mol. The van der Waals surface area contributed by atoms with Gasteiger partial charge in [-0.3, -0.25) is 9.48 Å². The standard InChI is InChI=1S/C31H28F2N6O4S/c1-5-25(40)38-16-20-12-23(37-39(20)15-17(38)2)29-27(26-22(33)10-19(32)11-24(26)43-8-7-41-3)30-21(6-9-44-30)28(36-29)18-13-34-31(42-4)35-14-18/h5-6,9-14,17H,1,7-8,15-16H2,2-4H3/t17-/m1/s1. The first kappa shape index (κ1) is 29.3. The zero-order valence-electron chi connectivity index (χ0n) is 24.2. The van der Waals surface area contributed by atoms with E-state index >= 15 is 4.39 Å². The van der Waals surface area contributed by atoms with Crippen LogP contribution in [-0.4, -0.2) is 69.0 Å². The van der Waals surface area contributed by atoms with Crippen LogP contribution in [0.3, 0.4) is 0 Å². The number of ether oxygens (including phenoxy) is 3. The van der Waals surface area contributed by atoms with Crippen molar-refractivity contribution in [3.8, 4) is 45.5 Å². The maximum Gasteiger partial charge on any atom is 0.316 e. The molecule has 5 aromatic rings. The number of halogens is 2. The molecule has 1 aromatic carbocycles. The number of hydrogen-bond donors (Lipinski definition) is 0. The molecule has 0 fully saturated rings. The Morgan fingerprint density at radius 2 is 1.93 bits per heavy atom. The van der Waals surface area contributed by atoms with Crippen molar-refractivity contribution < 1.29 is 27.8 Å². The maximum atomic E-state index is 15.9. The minimum atomic E-state index is -0.809. The van der Waals surface area contributed by atoms with E-state index in [2.05, 4.69) is 16.5 Å². The fraction of sp³-hybridized carbons (Fsp3) is 0.258. The first-order valence-corrected chi connectivity index (χ1v) is 14.6. The maximum absolute atomic E-state index is 15.9. The van der Waals surface area contributed by atoms with Crippen LogP contribution in [0.2, 0.25) is 0 Å². The summed E-state index contributed by atoms with van der Waals surface area (Å²) >= 11 is 1.38. The molecule has 1 amide bonds. The van der Waals surface area contributed by atoms with Crippen molar-refractivity contribution in [2.24, 2.45) is 0 Å². The van der Waals surface area contributed by atoms with E-state index in [1.54, 1.807) is 17.3 Å². The van der Waals surface area contributed by atoms with E-state index in [0.29, 0.717) is 46.0 Å². The summed E-state index contributed by atoms with van der Waals surface area (Å²) in [5, 5.41) is 7.46. The van der Waals surface area contributed by atoms with E-state index in [-0.39, 0.29) is 42.5 Å². The number of pyridine rings is 1. The van der Waals surface area contributed by atoms with Gasteiger partial charge in [0, 0.05) is 58.9 Å². The van der Waals surface area contributed by atoms with Gasteiger partial charge in [0.1, 0.15) is 35.4 Å². The highest BCUT2D eigenvalue weighted by atomic mass is 32.1. The minimum absolute atomic E-state index is 0.0122. The van der Waals surface area contributed by atoms with Gasteiger partial charge in [-0.15, -0.1) is 11.3 Å². The van der Waals surface area contributed by atoms with E-state index in [1.165, 1.54) is 31.6 Å². The van der Waals surface area contributed by atoms with Crippen molar-refractivity contribution >= 4 is 27.3 Å². The lowest BCUT2D eigenvalue weighted by molar-refractivity contribution is -0.129. The van der Waals surface area contributed by atoms with Gasteiger partial charge in [0.25, 0.3) is 0 Å². The molecule has 5 heterocycles. The highest BCUT2D eigenvalue weighted by Gasteiger charge is 2.30. The first-order chi connectivity index (χ1) is 21.3. The number of nitrogens with zero attached hydrogens (tertiary/aromatic N) is 6. The summed E-state index contributed by atoms with van der Waals surface area (Å²) in [6.45, 7) is 6.62. The number of carbonyl (C=O) groups excluding carboxylic acids is 1. The van der Waals surface area contributed by atoms with Gasteiger partial charge in [-0.2, -0.15) is 5.10 Å². The molecule has 44 heavy (non-hydrogen) atoms. The SMILES string of the molecule is C=CC(=O)N1Cc2cc(-c3nc(-c4cnc(OC)nc4)c4ccsc4c3-c3c(F)cc(F)cc3OCCOC)nn2C[C@H]1C. The molecule has 1 aliphatic heterocycles. The van der Waals surface area contributed by atoms with Gasteiger partial charge in [-0.25, -0.2) is 23.7 Å². The third-order valence-corrected chi connectivity index (χ3v) is 8.30. The molecule has 1 atom stereocenters. The number of carbonyl (C=O) groups is 1. The molecule has 6 rings (SSSR count). The van der Waals surface area contributed by atoms with Crippen LogP contribution >= 0.6 is 11.3 Å². The van der Waals surface area contributed by atoms with Gasteiger partial charge in [0.05, 0.1) is 43.8 Å². The van der Waals surface area contributed by atoms with Crippen molar-refractivity contribution in [2.45, 2.75) is 26.1 Å². The molecule has 0 saturated carbocycles. The fourth-order valence-corrected chi connectivity index (χ4v) is 6.24. The fourth-order valence-electron chi connectivity index (χ4n) is 5.30. The van der Waals surface area contributed by atoms with Crippen LogP contribution in [0.15, 0.2) is 54.7 Å². The molecule has 0 bridgehead atoms. The molecule has 4 aromatic heterocycles. The van der Waals surface area contributed by atoms with Crippen LogP contribution in [0.4, 0.5) is 8.78 Å². The normalized spacial score (nSPS) is 14.5. The highest BCUT2D eigenvalue weighted by Crippen LogP contribution is 2.47. The Kier molecular flexibility index (Phi) is 8.06. The number of methoxy groups -OCH3 is 2. The van der Waals surface area contributed by atoms with Gasteiger partial charge in [0.15, 0.2) is 0 Å². The summed E-state index contributed by atoms with van der Waals surface area (Å²) in [4.78, 5) is 27.8. The van der Waals surface area contributed by atoms with Crippen molar-refractivity contribution in [3.05, 3.63) is 72.0 Å². The second kappa shape index (κ2) is 12.1. The molecule has 0 radical (unpaired) electrons. The molecule has 10 nitrogen and oxygen atoms in total. The molecule has 0 unspecified atom stereocenters. The molecule has 226 valence electrons. The van der Waals surface area contributed by atoms with Crippen molar-refractivity contribution in [2.75, 3.05) is 27.4 Å². The van der Waals surface area contributed by atoms with Crippen LogP contribution in [0.5, 0.6) is 11.8 Å². The first-order valence-electron chi connectivity index (χ1n) is 13.7. The van der Waals surface area contributed by atoms with E-state index in [0.717, 1.165) is 23.2 Å². The molecular formula is C31H28F2N6O4S. The predicted octanol–water partition coefficient (Wildman–Crippen LogP) is 5.51. The number of hydrogen-bond acceptors (Lipinski definition) is 9. The van der Waals surface area contributed by atoms with Crippen LogP contribution in [-0.2, 0) is 22.6 Å². The summed E-state index contributed by atoms with van der Waals surface area (Å²) in [7, 11) is 2.99. The molecule has 13 heteroatoms. The summed E-state index contributed by atoms with van der Waals surface area (Å²) < 4.78 is 49.0. The Morgan fingerprint density at radius 3 is 2.66 bits per heavy atom. The number of fused-ring (bicyclic) bond motifs is 2. The second-order valence-electron chi connectivity index (χ2n) is 10.1. The lowest BCUT2D eigenvalue weighted by atomic mass is 9.97. The van der Waals surface area contributed by atoms with Crippen molar-refractivity contribution in [1.82, 2.24) is 29.6 Å². The van der Waals surface area contributed by atoms with Gasteiger partial charge < -0.3 is 19.1 Å². The Bertz CT molecular complexity index is 1870. The largest absolute Gasteiger partial charge is 0.490 e. The summed E-state index contributed by atoms with van der Waals surface area (Å²) in [6.07, 6.45) is 4.50. The average Bonchev–Trinajstić information content (AvgIpc) is 3.67. The van der Waals surface area contributed by atoms with E-state index < -0.39 is 11.6 Å². The molecule has 0 saturated heterocycles. The van der Waals surface area contributed by atoms with Crippen molar-refractivity contribution in [1.29, 1.82) is 0 Å². The van der Waals surface area contributed by atoms with Crippen LogP contribution < -0.4 is 9.47 Å². The Labute approximate surface area is 255 Å². The smallest absolute Gasteiger partial charge is 0.316 e. The Morgan fingerprint density at radius 1 is 1.14 bits per heavy atom. The second-order valence-corrected chi connectivity index (χ2v) is 11.0. The summed E-state index contributed by atoms with van der Waals surface area (Å²) in [5.41, 5.74) is 3.20. The number of thiophene rings is 1. The van der Waals surface area contributed by atoms with Crippen LogP contribution in [0, 0.1) is 11.6 Å². The van der Waals surface area contributed by atoms with E-state index in [9.17, 15) is 9.18 Å². The number of benzene rings is 1. The molecule has 0 aliphatic carbocycles. The van der Waals surface area contributed by atoms with Gasteiger partial charge in [0.2, 0.25) is 5.91 Å². The lowest BCUT2D eigenvalue weighted by Crippen LogP contribution is -2.44. The molecule has 1 aliphatic rings.